The van der Waals surface area contributed by atoms with Crippen molar-refractivity contribution in [2.75, 3.05) is 0 Å². The molecule has 6 aliphatic rings. The van der Waals surface area contributed by atoms with Gasteiger partial charge in [-0.2, -0.15) is 26.3 Å². The molecule has 8 heteroatoms. The summed E-state index contributed by atoms with van der Waals surface area (Å²) >= 11 is 2.76. The van der Waals surface area contributed by atoms with Crippen molar-refractivity contribution in [3.05, 3.63) is 67.6 Å². The Bertz CT molecular complexity index is 1120. The maximum Gasteiger partial charge on any atom is 0.380 e. The first-order chi connectivity index (χ1) is 16.4. The Labute approximate surface area is 209 Å². The second-order valence-corrected chi connectivity index (χ2v) is 13.5. The van der Waals surface area contributed by atoms with Crippen LogP contribution in [0.2, 0.25) is 0 Å². The third kappa shape index (κ3) is 2.87. The zero-order valence-electron chi connectivity index (χ0n) is 19.6. The average molecular weight is 529 g/mol. The molecule has 0 bridgehead atoms. The Balaban J connectivity index is 1.63. The maximum atomic E-state index is 15.4. The van der Waals surface area contributed by atoms with Crippen LogP contribution >= 0.6 is 23.5 Å². The molecule has 6 rings (SSSR count). The van der Waals surface area contributed by atoms with Gasteiger partial charge >= 0.3 is 17.8 Å². The van der Waals surface area contributed by atoms with Gasteiger partial charge in [0.1, 0.15) is 0 Å². The van der Waals surface area contributed by atoms with Gasteiger partial charge in [-0.1, -0.05) is 12.2 Å². The van der Waals surface area contributed by atoms with Gasteiger partial charge in [0, 0.05) is 21.0 Å². The van der Waals surface area contributed by atoms with Crippen molar-refractivity contribution in [3.63, 3.8) is 0 Å². The summed E-state index contributed by atoms with van der Waals surface area (Å²) in [7, 11) is 0. The van der Waals surface area contributed by atoms with Crippen LogP contribution in [0.3, 0.4) is 0 Å². The van der Waals surface area contributed by atoms with E-state index in [0.717, 1.165) is 72.3 Å². The van der Waals surface area contributed by atoms with Gasteiger partial charge in [-0.15, -0.1) is 23.5 Å². The van der Waals surface area contributed by atoms with Crippen LogP contribution in [0.5, 0.6) is 0 Å². The number of allylic oxidation sites excluding steroid dienone is 8. The number of hydrogen-bond donors (Lipinski definition) is 0. The first-order valence-electron chi connectivity index (χ1n) is 12.2. The van der Waals surface area contributed by atoms with E-state index in [1.807, 2.05) is 0 Å². The molecule has 0 aromatic carbocycles. The monoisotopic (exact) mass is 528 g/mol. The molecule has 0 spiro atoms. The van der Waals surface area contributed by atoms with Crippen molar-refractivity contribution in [2.45, 2.75) is 92.5 Å². The van der Waals surface area contributed by atoms with E-state index in [1.165, 1.54) is 35.7 Å². The van der Waals surface area contributed by atoms with Gasteiger partial charge < -0.3 is 0 Å². The van der Waals surface area contributed by atoms with Crippen molar-refractivity contribution in [3.8, 4) is 0 Å². The molecule has 0 aromatic heterocycles. The van der Waals surface area contributed by atoms with Gasteiger partial charge in [0.15, 0.2) is 0 Å². The summed E-state index contributed by atoms with van der Waals surface area (Å²) in [5, 5.41) is 0. The van der Waals surface area contributed by atoms with Crippen LogP contribution in [0.1, 0.15) is 65.2 Å². The van der Waals surface area contributed by atoms with Crippen molar-refractivity contribution in [1.82, 2.24) is 0 Å². The first kappa shape index (κ1) is 24.1. The maximum absolute atomic E-state index is 15.4. The molecule has 188 valence electrons. The van der Waals surface area contributed by atoms with E-state index in [9.17, 15) is 8.78 Å². The number of halogens is 6. The highest BCUT2D eigenvalue weighted by Crippen LogP contribution is 2.74. The summed E-state index contributed by atoms with van der Waals surface area (Å²) in [5.41, 5.74) is -0.432. The van der Waals surface area contributed by atoms with Gasteiger partial charge in [-0.25, -0.2) is 0 Å². The number of rotatable bonds is 2. The lowest BCUT2D eigenvalue weighted by Gasteiger charge is -2.47. The summed E-state index contributed by atoms with van der Waals surface area (Å²) < 4.78 is 88.9. The molecule has 35 heavy (non-hydrogen) atoms. The number of thioether (sulfide) groups is 2. The summed E-state index contributed by atoms with van der Waals surface area (Å²) in [5.74, 6) is -15.4. The molecule has 0 saturated heterocycles. The van der Waals surface area contributed by atoms with E-state index >= 15 is 17.6 Å². The summed E-state index contributed by atoms with van der Waals surface area (Å²) in [6.45, 7) is 3.54. The molecule has 1 saturated carbocycles. The van der Waals surface area contributed by atoms with Crippen LogP contribution in [0, 0.1) is 0 Å². The fraction of sp³-hybridized carbons (Fsp3) is 0.556. The van der Waals surface area contributed by atoms with Crippen LogP contribution in [0.25, 0.3) is 0 Å². The topological polar surface area (TPSA) is 0 Å². The highest BCUT2D eigenvalue weighted by atomic mass is 32.2. The molecule has 0 amide bonds. The second kappa shape index (κ2) is 7.40. The predicted octanol–water partition coefficient (Wildman–Crippen LogP) is 9.29. The molecular weight excluding hydrogens is 502 g/mol. The van der Waals surface area contributed by atoms with E-state index in [2.05, 4.69) is 12.2 Å². The van der Waals surface area contributed by atoms with Crippen molar-refractivity contribution in [2.24, 2.45) is 0 Å². The van der Waals surface area contributed by atoms with Crippen molar-refractivity contribution in [1.29, 1.82) is 0 Å². The largest absolute Gasteiger partial charge is 0.380 e. The lowest BCUT2D eigenvalue weighted by Crippen LogP contribution is -2.49. The molecule has 4 aliphatic carbocycles. The number of hydrogen-bond acceptors (Lipinski definition) is 2. The van der Waals surface area contributed by atoms with Crippen LogP contribution in [-0.4, -0.2) is 27.3 Å². The Kier molecular flexibility index (Phi) is 5.09. The molecule has 0 aromatic rings. The molecule has 2 aliphatic heterocycles. The van der Waals surface area contributed by atoms with Gasteiger partial charge in [0.25, 0.3) is 0 Å². The fourth-order valence-corrected chi connectivity index (χ4v) is 9.62. The van der Waals surface area contributed by atoms with E-state index in [0.29, 0.717) is 0 Å². The van der Waals surface area contributed by atoms with Crippen LogP contribution < -0.4 is 0 Å². The first-order valence-corrected chi connectivity index (χ1v) is 13.8. The molecule has 2 unspecified atom stereocenters. The Morgan fingerprint density at radius 2 is 1.03 bits per heavy atom. The Morgan fingerprint density at radius 1 is 0.629 bits per heavy atom. The van der Waals surface area contributed by atoms with E-state index in [1.54, 1.807) is 13.8 Å². The normalized spacial score (nSPS) is 36.8. The summed E-state index contributed by atoms with van der Waals surface area (Å²) in [6, 6.07) is 0. The smallest absolute Gasteiger partial charge is 0.194 e. The third-order valence-electron chi connectivity index (χ3n) is 8.54. The standard InChI is InChI=1S/C27H26F6S2/c1-23-17(13-19(34-23)15-9-5-3-6-10-15)21-22(26(30,31)27(32,33)25(21,28)29)18-14-20(35-24(18,23)2)16-11-7-4-8-12-16/h9,11,13-14H,3-8,10,12H2,1-2H3. The molecule has 0 nitrogen and oxygen atoms in total. The molecular formula is C27H26F6S2. The van der Waals surface area contributed by atoms with Crippen LogP contribution in [-0.2, 0) is 0 Å². The summed E-state index contributed by atoms with van der Waals surface area (Å²) in [4.78, 5) is 1.49. The third-order valence-corrected chi connectivity index (χ3v) is 11.9. The van der Waals surface area contributed by atoms with Crippen molar-refractivity contribution < 1.29 is 26.3 Å². The highest BCUT2D eigenvalue weighted by molar-refractivity contribution is 8.09. The van der Waals surface area contributed by atoms with Gasteiger partial charge in [0.2, 0.25) is 0 Å². The second-order valence-electron chi connectivity index (χ2n) is 10.5. The van der Waals surface area contributed by atoms with Gasteiger partial charge in [-0.3, -0.25) is 0 Å². The minimum absolute atomic E-state index is 0.0631. The Hall–Kier alpha value is -1.28. The molecule has 1 fully saturated rings. The predicted molar refractivity (Wildman–Crippen MR) is 130 cm³/mol. The zero-order valence-corrected chi connectivity index (χ0v) is 21.2. The molecule has 0 N–H and O–H groups in total. The zero-order chi connectivity index (χ0) is 25.0. The Morgan fingerprint density at radius 3 is 1.37 bits per heavy atom. The number of fused-ring (bicyclic) bond motifs is 4. The highest BCUT2D eigenvalue weighted by Gasteiger charge is 2.84. The van der Waals surface area contributed by atoms with Crippen LogP contribution in [0.4, 0.5) is 26.3 Å². The quantitative estimate of drug-likeness (QED) is 0.328. The fourth-order valence-electron chi connectivity index (χ4n) is 6.35. The molecule has 0 radical (unpaired) electrons. The van der Waals surface area contributed by atoms with E-state index in [-0.39, 0.29) is 11.1 Å². The minimum Gasteiger partial charge on any atom is -0.194 e. The average Bonchev–Trinajstić information content (AvgIpc) is 3.40. The lowest BCUT2D eigenvalue weighted by atomic mass is 9.71. The van der Waals surface area contributed by atoms with Crippen LogP contribution in [0.15, 0.2) is 67.6 Å². The van der Waals surface area contributed by atoms with E-state index in [4.69, 9.17) is 0 Å². The van der Waals surface area contributed by atoms with Crippen molar-refractivity contribution >= 4 is 23.5 Å². The SMILES string of the molecule is CC12SC(C3=CCCCC3)=CC1=C1C(=C3C=C(C4=CCCCC4)SC32C)C(F)(F)C(F)(F)C1(F)F. The molecule has 2 heterocycles. The summed E-state index contributed by atoms with van der Waals surface area (Å²) in [6.07, 6.45) is 14.4. The molecule has 2 atom stereocenters. The number of alkyl halides is 6. The minimum atomic E-state index is -5.49. The van der Waals surface area contributed by atoms with E-state index < -0.39 is 38.4 Å². The van der Waals surface area contributed by atoms with Gasteiger partial charge in [0.05, 0.1) is 9.49 Å². The van der Waals surface area contributed by atoms with Gasteiger partial charge in [-0.05, 0) is 99.7 Å². The lowest BCUT2D eigenvalue weighted by molar-refractivity contribution is -0.258.